The van der Waals surface area contributed by atoms with E-state index >= 15 is 0 Å². The number of carbonyl (C=O) groups excluding carboxylic acids is 1. The minimum atomic E-state index is -0.953. The third kappa shape index (κ3) is 5.60. The van der Waals surface area contributed by atoms with E-state index in [4.69, 9.17) is 9.84 Å². The Morgan fingerprint density at radius 1 is 1.61 bits per heavy atom. The lowest BCUT2D eigenvalue weighted by molar-refractivity contribution is -0.140. The average molecular weight is 269 g/mol. The van der Waals surface area contributed by atoms with Gasteiger partial charge in [0.05, 0.1) is 12.5 Å². The molecule has 5 nitrogen and oxygen atoms in total. The second-order valence-corrected chi connectivity index (χ2v) is 4.53. The van der Waals surface area contributed by atoms with Crippen molar-refractivity contribution in [3.63, 3.8) is 0 Å². The van der Waals surface area contributed by atoms with E-state index in [1.54, 1.807) is 6.08 Å². The summed E-state index contributed by atoms with van der Waals surface area (Å²) in [6.07, 6.45) is 2.48. The molecule has 0 bridgehead atoms. The molecule has 0 spiro atoms. The Morgan fingerprint density at radius 3 is 2.94 bits per heavy atom. The van der Waals surface area contributed by atoms with Crippen LogP contribution < -0.4 is 5.32 Å². The van der Waals surface area contributed by atoms with Gasteiger partial charge in [-0.1, -0.05) is 6.07 Å². The van der Waals surface area contributed by atoms with Gasteiger partial charge in [0.15, 0.2) is 0 Å². The van der Waals surface area contributed by atoms with E-state index in [0.29, 0.717) is 0 Å². The summed E-state index contributed by atoms with van der Waals surface area (Å²) in [5.41, 5.74) is 0. The third-order valence-corrected chi connectivity index (χ3v) is 3.02. The molecule has 18 heavy (non-hydrogen) atoms. The lowest BCUT2D eigenvalue weighted by Gasteiger charge is -2.12. The van der Waals surface area contributed by atoms with Crippen molar-refractivity contribution >= 4 is 29.3 Å². The predicted octanol–water partition coefficient (Wildman–Crippen LogP) is 1.37. The zero-order valence-corrected chi connectivity index (χ0v) is 10.8. The van der Waals surface area contributed by atoms with Crippen molar-refractivity contribution in [2.75, 3.05) is 13.7 Å². The summed E-state index contributed by atoms with van der Waals surface area (Å²) < 4.78 is 4.94. The number of thiophene rings is 1. The van der Waals surface area contributed by atoms with Gasteiger partial charge in [-0.15, -0.1) is 11.3 Å². The van der Waals surface area contributed by atoms with Crippen LogP contribution in [0.2, 0.25) is 0 Å². The molecular formula is C12H15NO4S. The summed E-state index contributed by atoms with van der Waals surface area (Å²) >= 11 is 1.53. The largest absolute Gasteiger partial charge is 0.481 e. The number of carboxylic acids is 1. The summed E-state index contributed by atoms with van der Waals surface area (Å²) in [6, 6.07) is 3.80. The van der Waals surface area contributed by atoms with Crippen molar-refractivity contribution in [3.8, 4) is 0 Å². The molecule has 1 rings (SSSR count). The van der Waals surface area contributed by atoms with E-state index in [9.17, 15) is 9.59 Å². The summed E-state index contributed by atoms with van der Waals surface area (Å²) in [4.78, 5) is 22.9. The Hall–Kier alpha value is -1.66. The van der Waals surface area contributed by atoms with Crippen LogP contribution in [-0.4, -0.2) is 36.7 Å². The fourth-order valence-electron chi connectivity index (χ4n) is 1.25. The number of aliphatic carboxylic acids is 1. The van der Waals surface area contributed by atoms with Crippen molar-refractivity contribution in [1.29, 1.82) is 0 Å². The van der Waals surface area contributed by atoms with Crippen LogP contribution in [0.4, 0.5) is 0 Å². The van der Waals surface area contributed by atoms with Gasteiger partial charge in [0.25, 0.3) is 0 Å². The molecule has 0 aliphatic rings. The smallest absolute Gasteiger partial charge is 0.306 e. The molecule has 1 heterocycles. The van der Waals surface area contributed by atoms with Crippen molar-refractivity contribution < 1.29 is 19.4 Å². The maximum atomic E-state index is 11.4. The number of carboxylic acid groups (broad SMARTS) is 1. The highest BCUT2D eigenvalue weighted by Crippen LogP contribution is 2.09. The Kier molecular flexibility index (Phi) is 6.10. The second kappa shape index (κ2) is 7.62. The first kappa shape index (κ1) is 14.4. The van der Waals surface area contributed by atoms with E-state index in [-0.39, 0.29) is 18.9 Å². The van der Waals surface area contributed by atoms with E-state index < -0.39 is 12.1 Å². The van der Waals surface area contributed by atoms with Crippen LogP contribution in [0.1, 0.15) is 11.3 Å². The van der Waals surface area contributed by atoms with Crippen LogP contribution in [0.3, 0.4) is 0 Å². The lowest BCUT2D eigenvalue weighted by Crippen LogP contribution is -2.33. The first-order chi connectivity index (χ1) is 8.61. The van der Waals surface area contributed by atoms with Gasteiger partial charge in [-0.05, 0) is 17.5 Å². The standard InChI is InChI=1S/C12H15NO4S/c1-17-9(7-12(15)16)8-13-11(14)5-4-10-3-2-6-18-10/h2-6,9H,7-8H2,1H3,(H,13,14)(H,15,16)/b5-4+. The molecule has 0 saturated heterocycles. The number of ether oxygens (including phenoxy) is 1. The molecule has 98 valence electrons. The number of hydrogen-bond acceptors (Lipinski definition) is 4. The van der Waals surface area contributed by atoms with Crippen LogP contribution in [0, 0.1) is 0 Å². The van der Waals surface area contributed by atoms with Crippen LogP contribution in [-0.2, 0) is 14.3 Å². The topological polar surface area (TPSA) is 75.6 Å². The molecule has 6 heteroatoms. The van der Waals surface area contributed by atoms with Crippen molar-refractivity contribution in [2.24, 2.45) is 0 Å². The molecule has 1 amide bonds. The van der Waals surface area contributed by atoms with Gasteiger partial charge in [-0.2, -0.15) is 0 Å². The highest BCUT2D eigenvalue weighted by molar-refractivity contribution is 7.10. The molecule has 0 aliphatic carbocycles. The zero-order valence-electron chi connectivity index (χ0n) is 9.96. The summed E-state index contributed by atoms with van der Waals surface area (Å²) in [6.45, 7) is 0.177. The molecule has 2 N–H and O–H groups in total. The Morgan fingerprint density at radius 2 is 2.39 bits per heavy atom. The van der Waals surface area contributed by atoms with Crippen molar-refractivity contribution in [2.45, 2.75) is 12.5 Å². The molecule has 0 aromatic carbocycles. The minimum absolute atomic E-state index is 0.134. The number of hydrogen-bond donors (Lipinski definition) is 2. The molecule has 0 radical (unpaired) electrons. The quantitative estimate of drug-likeness (QED) is 0.733. The number of rotatable bonds is 7. The molecule has 1 aromatic rings. The van der Waals surface area contributed by atoms with Gasteiger partial charge < -0.3 is 15.2 Å². The molecule has 1 atom stereocenters. The highest BCUT2D eigenvalue weighted by Gasteiger charge is 2.12. The van der Waals surface area contributed by atoms with Gasteiger partial charge in [-0.3, -0.25) is 9.59 Å². The van der Waals surface area contributed by atoms with E-state index in [1.807, 2.05) is 17.5 Å². The summed E-state index contributed by atoms with van der Waals surface area (Å²) in [5, 5.41) is 13.1. The van der Waals surface area contributed by atoms with E-state index in [0.717, 1.165) is 4.88 Å². The number of methoxy groups -OCH3 is 1. The van der Waals surface area contributed by atoms with Gasteiger partial charge in [0.1, 0.15) is 0 Å². The van der Waals surface area contributed by atoms with Gasteiger partial charge in [0.2, 0.25) is 5.91 Å². The first-order valence-electron chi connectivity index (χ1n) is 5.36. The van der Waals surface area contributed by atoms with Crippen molar-refractivity contribution in [1.82, 2.24) is 5.32 Å². The Balaban J connectivity index is 2.33. The van der Waals surface area contributed by atoms with Gasteiger partial charge >= 0.3 is 5.97 Å². The molecule has 0 aliphatic heterocycles. The molecule has 0 saturated carbocycles. The highest BCUT2D eigenvalue weighted by atomic mass is 32.1. The molecule has 0 fully saturated rings. The fraction of sp³-hybridized carbons (Fsp3) is 0.333. The normalized spacial score (nSPS) is 12.5. The number of carbonyl (C=O) groups is 2. The summed E-state index contributed by atoms with van der Waals surface area (Å²) in [7, 11) is 1.42. The zero-order chi connectivity index (χ0) is 13.4. The third-order valence-electron chi connectivity index (χ3n) is 2.18. The van der Waals surface area contributed by atoms with Gasteiger partial charge in [0, 0.05) is 24.6 Å². The lowest BCUT2D eigenvalue weighted by atomic mass is 10.2. The van der Waals surface area contributed by atoms with Crippen LogP contribution >= 0.6 is 11.3 Å². The fourth-order valence-corrected chi connectivity index (χ4v) is 1.87. The monoisotopic (exact) mass is 269 g/mol. The van der Waals surface area contributed by atoms with Gasteiger partial charge in [-0.25, -0.2) is 0 Å². The maximum absolute atomic E-state index is 11.4. The van der Waals surface area contributed by atoms with Crippen LogP contribution in [0.5, 0.6) is 0 Å². The minimum Gasteiger partial charge on any atom is -0.481 e. The number of nitrogens with one attached hydrogen (secondary N) is 1. The van der Waals surface area contributed by atoms with E-state index in [1.165, 1.54) is 24.5 Å². The van der Waals surface area contributed by atoms with Crippen LogP contribution in [0.15, 0.2) is 23.6 Å². The Labute approximate surface area is 109 Å². The molecule has 1 unspecified atom stereocenters. The maximum Gasteiger partial charge on any atom is 0.306 e. The first-order valence-corrected chi connectivity index (χ1v) is 6.23. The molecular weight excluding hydrogens is 254 g/mol. The second-order valence-electron chi connectivity index (χ2n) is 3.55. The summed E-state index contributed by atoms with van der Waals surface area (Å²) in [5.74, 6) is -1.22. The van der Waals surface area contributed by atoms with E-state index in [2.05, 4.69) is 5.32 Å². The average Bonchev–Trinajstić information content (AvgIpc) is 2.84. The Bertz CT molecular complexity index is 414. The predicted molar refractivity (Wildman–Crippen MR) is 69.4 cm³/mol. The van der Waals surface area contributed by atoms with Crippen LogP contribution in [0.25, 0.3) is 6.08 Å². The number of amides is 1. The molecule has 1 aromatic heterocycles. The SMILES string of the molecule is COC(CNC(=O)/C=C/c1cccs1)CC(=O)O. The van der Waals surface area contributed by atoms with Crippen molar-refractivity contribution in [3.05, 3.63) is 28.5 Å².